The van der Waals surface area contributed by atoms with Crippen LogP contribution in [-0.4, -0.2) is 19.3 Å². The molecule has 1 atom stereocenters. The molecule has 0 bridgehead atoms. The Kier molecular flexibility index (Phi) is 4.18. The van der Waals surface area contributed by atoms with E-state index < -0.39 is 6.17 Å². The molecule has 0 aromatic heterocycles. The lowest BCUT2D eigenvalue weighted by Gasteiger charge is -2.08. The van der Waals surface area contributed by atoms with Gasteiger partial charge in [-0.1, -0.05) is 15.9 Å². The minimum absolute atomic E-state index is 0.0591. The van der Waals surface area contributed by atoms with Crippen molar-refractivity contribution in [1.29, 1.82) is 0 Å². The second kappa shape index (κ2) is 5.19. The van der Waals surface area contributed by atoms with Gasteiger partial charge in [0.1, 0.15) is 6.17 Å². The monoisotopic (exact) mass is 246 g/mol. The van der Waals surface area contributed by atoms with E-state index in [0.29, 0.717) is 0 Å². The Balaban J connectivity index is 2.41. The summed E-state index contributed by atoms with van der Waals surface area (Å²) in [5, 5.41) is 2.95. The number of anilines is 1. The van der Waals surface area contributed by atoms with Crippen LogP contribution in [0.15, 0.2) is 28.7 Å². The van der Waals surface area contributed by atoms with Gasteiger partial charge in [0.15, 0.2) is 0 Å². The van der Waals surface area contributed by atoms with Gasteiger partial charge < -0.3 is 11.1 Å². The molecule has 13 heavy (non-hydrogen) atoms. The summed E-state index contributed by atoms with van der Waals surface area (Å²) >= 11 is 3.32. The van der Waals surface area contributed by atoms with E-state index in [2.05, 4.69) is 21.2 Å². The first-order chi connectivity index (χ1) is 6.22. The summed E-state index contributed by atoms with van der Waals surface area (Å²) in [5.74, 6) is 0. The van der Waals surface area contributed by atoms with E-state index in [0.717, 1.165) is 10.2 Å². The molecule has 72 valence electrons. The second-order valence-electron chi connectivity index (χ2n) is 2.72. The average Bonchev–Trinajstić information content (AvgIpc) is 2.16. The van der Waals surface area contributed by atoms with Crippen LogP contribution in [0.1, 0.15) is 0 Å². The van der Waals surface area contributed by atoms with Crippen LogP contribution in [0.2, 0.25) is 0 Å². The largest absolute Gasteiger partial charge is 0.382 e. The molecule has 0 amide bonds. The van der Waals surface area contributed by atoms with E-state index in [1.54, 1.807) is 0 Å². The Morgan fingerprint density at radius 2 is 2.00 bits per heavy atom. The quantitative estimate of drug-likeness (QED) is 0.855. The highest BCUT2D eigenvalue weighted by molar-refractivity contribution is 9.10. The number of hydrogen-bond acceptors (Lipinski definition) is 2. The summed E-state index contributed by atoms with van der Waals surface area (Å²) < 4.78 is 13.7. The van der Waals surface area contributed by atoms with E-state index in [9.17, 15) is 4.39 Å². The van der Waals surface area contributed by atoms with Gasteiger partial charge in [0.2, 0.25) is 0 Å². The minimum Gasteiger partial charge on any atom is -0.382 e. The average molecular weight is 247 g/mol. The summed E-state index contributed by atoms with van der Waals surface area (Å²) in [6.45, 7) is 0.321. The second-order valence-corrected chi connectivity index (χ2v) is 3.64. The van der Waals surface area contributed by atoms with Gasteiger partial charge in [0.05, 0.1) is 0 Å². The molecule has 0 radical (unpaired) electrons. The van der Waals surface area contributed by atoms with Crippen molar-refractivity contribution in [2.75, 3.05) is 18.4 Å². The molecule has 2 nitrogen and oxygen atoms in total. The molecule has 1 aromatic carbocycles. The topological polar surface area (TPSA) is 38.0 Å². The SMILES string of the molecule is NCC(F)CNc1ccc(Br)cc1. The van der Waals surface area contributed by atoms with Crippen molar-refractivity contribution in [3.8, 4) is 0 Å². The summed E-state index contributed by atoms with van der Waals surface area (Å²) in [6, 6.07) is 7.57. The highest BCUT2D eigenvalue weighted by Crippen LogP contribution is 2.13. The van der Waals surface area contributed by atoms with Crippen LogP contribution in [0.4, 0.5) is 10.1 Å². The lowest BCUT2D eigenvalue weighted by atomic mass is 10.3. The fourth-order valence-corrected chi connectivity index (χ4v) is 1.14. The molecule has 0 saturated heterocycles. The summed E-state index contributed by atoms with van der Waals surface area (Å²) in [5.41, 5.74) is 6.04. The first-order valence-corrected chi connectivity index (χ1v) is 4.85. The molecular formula is C9H12BrFN2. The predicted molar refractivity (Wildman–Crippen MR) is 56.6 cm³/mol. The van der Waals surface area contributed by atoms with Crippen molar-refractivity contribution in [3.63, 3.8) is 0 Å². The molecule has 0 aliphatic heterocycles. The van der Waals surface area contributed by atoms with E-state index in [-0.39, 0.29) is 13.1 Å². The molecule has 0 fully saturated rings. The van der Waals surface area contributed by atoms with Gasteiger partial charge in [0.25, 0.3) is 0 Å². The van der Waals surface area contributed by atoms with Crippen molar-refractivity contribution >= 4 is 21.6 Å². The highest BCUT2D eigenvalue weighted by Gasteiger charge is 2.01. The molecule has 0 saturated carbocycles. The van der Waals surface area contributed by atoms with E-state index in [4.69, 9.17) is 5.73 Å². The van der Waals surface area contributed by atoms with E-state index in [1.165, 1.54) is 0 Å². The number of rotatable bonds is 4. The highest BCUT2D eigenvalue weighted by atomic mass is 79.9. The normalized spacial score (nSPS) is 12.5. The molecule has 1 unspecified atom stereocenters. The zero-order chi connectivity index (χ0) is 9.68. The third-order valence-corrected chi connectivity index (χ3v) is 2.16. The van der Waals surface area contributed by atoms with Crippen LogP contribution in [0.5, 0.6) is 0 Å². The van der Waals surface area contributed by atoms with Gasteiger partial charge in [-0.25, -0.2) is 4.39 Å². The summed E-state index contributed by atoms with van der Waals surface area (Å²) in [6.07, 6.45) is -0.983. The van der Waals surface area contributed by atoms with Crippen molar-refractivity contribution in [2.45, 2.75) is 6.17 Å². The lowest BCUT2D eigenvalue weighted by molar-refractivity contribution is 0.358. The van der Waals surface area contributed by atoms with Gasteiger partial charge in [0, 0.05) is 23.2 Å². The van der Waals surface area contributed by atoms with Gasteiger partial charge in [-0.15, -0.1) is 0 Å². The van der Waals surface area contributed by atoms with Gasteiger partial charge in [-0.05, 0) is 24.3 Å². The predicted octanol–water partition coefficient (Wildman–Crippen LogP) is 2.16. The number of benzene rings is 1. The van der Waals surface area contributed by atoms with Crippen LogP contribution >= 0.6 is 15.9 Å². The zero-order valence-corrected chi connectivity index (χ0v) is 8.72. The first-order valence-electron chi connectivity index (χ1n) is 4.06. The Morgan fingerprint density at radius 3 is 2.54 bits per heavy atom. The Morgan fingerprint density at radius 1 is 1.38 bits per heavy atom. The number of nitrogens with two attached hydrogens (primary N) is 1. The Labute approximate surface area is 85.4 Å². The molecule has 1 aromatic rings. The van der Waals surface area contributed by atoms with Crippen LogP contribution in [-0.2, 0) is 0 Å². The van der Waals surface area contributed by atoms with Gasteiger partial charge in [-0.3, -0.25) is 0 Å². The maximum atomic E-state index is 12.7. The van der Waals surface area contributed by atoms with Crippen molar-refractivity contribution in [2.24, 2.45) is 5.73 Å². The van der Waals surface area contributed by atoms with Crippen molar-refractivity contribution in [3.05, 3.63) is 28.7 Å². The van der Waals surface area contributed by atoms with E-state index in [1.807, 2.05) is 24.3 Å². The fourth-order valence-electron chi connectivity index (χ4n) is 0.880. The molecule has 1 rings (SSSR count). The van der Waals surface area contributed by atoms with Gasteiger partial charge in [-0.2, -0.15) is 0 Å². The zero-order valence-electron chi connectivity index (χ0n) is 7.13. The number of halogens is 2. The molecule has 0 heterocycles. The Hall–Kier alpha value is -0.610. The standard InChI is InChI=1S/C9H12BrFN2/c10-7-1-3-9(4-2-7)13-6-8(11)5-12/h1-4,8,13H,5-6,12H2. The molecule has 0 aliphatic carbocycles. The number of nitrogens with one attached hydrogen (secondary N) is 1. The third-order valence-electron chi connectivity index (χ3n) is 1.63. The summed E-state index contributed by atoms with van der Waals surface area (Å²) in [7, 11) is 0. The maximum Gasteiger partial charge on any atom is 0.129 e. The molecule has 0 spiro atoms. The molecule has 3 N–H and O–H groups in total. The Bertz CT molecular complexity index is 250. The van der Waals surface area contributed by atoms with Crippen molar-refractivity contribution in [1.82, 2.24) is 0 Å². The smallest absolute Gasteiger partial charge is 0.129 e. The number of alkyl halides is 1. The van der Waals surface area contributed by atoms with Crippen LogP contribution in [0, 0.1) is 0 Å². The number of hydrogen-bond donors (Lipinski definition) is 2. The first kappa shape index (κ1) is 10.5. The third kappa shape index (κ3) is 3.74. The van der Waals surface area contributed by atoms with Crippen molar-refractivity contribution < 1.29 is 4.39 Å². The molecule has 4 heteroatoms. The molecule has 0 aliphatic rings. The molecular weight excluding hydrogens is 235 g/mol. The van der Waals surface area contributed by atoms with Gasteiger partial charge >= 0.3 is 0 Å². The van der Waals surface area contributed by atoms with Crippen LogP contribution in [0.3, 0.4) is 0 Å². The van der Waals surface area contributed by atoms with Crippen LogP contribution in [0.25, 0.3) is 0 Å². The maximum absolute atomic E-state index is 12.7. The van der Waals surface area contributed by atoms with E-state index >= 15 is 0 Å². The fraction of sp³-hybridized carbons (Fsp3) is 0.333. The lowest BCUT2D eigenvalue weighted by Crippen LogP contribution is -2.23. The summed E-state index contributed by atoms with van der Waals surface area (Å²) in [4.78, 5) is 0. The van der Waals surface area contributed by atoms with Crippen LogP contribution < -0.4 is 11.1 Å². The minimum atomic E-state index is -0.983.